The van der Waals surface area contributed by atoms with Crippen LogP contribution in [-0.4, -0.2) is 33.9 Å². The molecule has 9 heteroatoms. The number of hydrogen-bond acceptors (Lipinski definition) is 7. The fraction of sp³-hybridized carbons (Fsp3) is 0.364. The topological polar surface area (TPSA) is 136 Å². The van der Waals surface area contributed by atoms with Crippen LogP contribution in [0.1, 0.15) is 18.5 Å². The van der Waals surface area contributed by atoms with Crippen LogP contribution in [0.5, 0.6) is 11.5 Å². The van der Waals surface area contributed by atoms with Crippen LogP contribution in [0.25, 0.3) is 0 Å². The normalized spacial score (nSPS) is 13.6. The molecular weight excluding hydrogens is 275 g/mol. The average molecular weight is 288 g/mol. The molecule has 0 heterocycles. The van der Waals surface area contributed by atoms with E-state index in [2.05, 4.69) is 4.74 Å². The Morgan fingerprint density at radius 2 is 2.15 bits per heavy atom. The molecule has 2 atom stereocenters. The van der Waals surface area contributed by atoms with Gasteiger partial charge < -0.3 is 20.7 Å². The highest BCUT2D eigenvalue weighted by atomic mass is 19.1. The summed E-state index contributed by atoms with van der Waals surface area (Å²) >= 11 is 0. The van der Waals surface area contributed by atoms with Crippen LogP contribution in [0.15, 0.2) is 12.1 Å². The number of hydrogen-bond donors (Lipinski definition) is 3. The summed E-state index contributed by atoms with van der Waals surface area (Å²) in [6.07, 6.45) is -2.25. The zero-order valence-electron chi connectivity index (χ0n) is 10.4. The van der Waals surface area contributed by atoms with Crippen molar-refractivity contribution >= 4 is 11.7 Å². The van der Waals surface area contributed by atoms with Gasteiger partial charge in [0, 0.05) is 6.07 Å². The molecule has 0 aromatic heterocycles. The molecule has 1 aromatic carbocycles. The maximum Gasteiger partial charge on any atom is 0.342 e. The molecule has 4 N–H and O–H groups in total. The molecule has 1 unspecified atom stereocenters. The van der Waals surface area contributed by atoms with Crippen molar-refractivity contribution in [3.63, 3.8) is 0 Å². The van der Waals surface area contributed by atoms with Crippen LogP contribution in [0, 0.1) is 10.1 Å². The number of phenolic OH excluding ortho intramolecular Hbond substituents is 2. The molecule has 0 radical (unpaired) electrons. The maximum atomic E-state index is 13.7. The Kier molecular flexibility index (Phi) is 4.81. The third-order valence-corrected chi connectivity index (χ3v) is 2.50. The number of aromatic hydroxyl groups is 2. The van der Waals surface area contributed by atoms with Gasteiger partial charge in [0.05, 0.1) is 17.6 Å². The molecule has 0 amide bonds. The molecule has 1 rings (SSSR count). The number of nitro groups is 1. The summed E-state index contributed by atoms with van der Waals surface area (Å²) in [5.74, 6) is -3.01. The average Bonchev–Trinajstić information content (AvgIpc) is 2.39. The van der Waals surface area contributed by atoms with Crippen LogP contribution >= 0.6 is 0 Å². The van der Waals surface area contributed by atoms with Crippen molar-refractivity contribution in [1.29, 1.82) is 0 Å². The van der Waals surface area contributed by atoms with E-state index in [0.29, 0.717) is 0 Å². The number of esters is 1. The lowest BCUT2D eigenvalue weighted by atomic mass is 10.0. The van der Waals surface area contributed by atoms with Gasteiger partial charge in [-0.2, -0.15) is 0 Å². The predicted octanol–water partition coefficient (Wildman–Crippen LogP) is 0.907. The summed E-state index contributed by atoms with van der Waals surface area (Å²) in [4.78, 5) is 20.9. The number of halogens is 1. The molecule has 1 aromatic rings. The van der Waals surface area contributed by atoms with E-state index < -0.39 is 40.3 Å². The third kappa shape index (κ3) is 3.12. The van der Waals surface area contributed by atoms with Crippen LogP contribution < -0.4 is 5.73 Å². The zero-order chi connectivity index (χ0) is 15.4. The van der Waals surface area contributed by atoms with Crippen molar-refractivity contribution in [2.75, 3.05) is 6.61 Å². The molecule has 20 heavy (non-hydrogen) atoms. The molecule has 0 aliphatic carbocycles. The number of nitrogens with two attached hydrogens (primary N) is 1. The van der Waals surface area contributed by atoms with Gasteiger partial charge in [-0.05, 0) is 18.6 Å². The standard InChI is InChI=1S/C11H13FN2O6/c1-2-20-11(17)8(12)9(13)5-3-6(14(18)19)10(16)7(15)4-5/h3-4,8-9,15-16H,2,13H2,1H3/t8?,9-/m1/s1. The smallest absolute Gasteiger partial charge is 0.342 e. The van der Waals surface area contributed by atoms with Crippen molar-refractivity contribution in [3.8, 4) is 11.5 Å². The quantitative estimate of drug-likeness (QED) is 0.317. The van der Waals surface area contributed by atoms with Crippen LogP contribution in [0.4, 0.5) is 10.1 Å². The fourth-order valence-corrected chi connectivity index (χ4v) is 1.49. The molecule has 0 spiro atoms. The van der Waals surface area contributed by atoms with Gasteiger partial charge in [-0.15, -0.1) is 0 Å². The van der Waals surface area contributed by atoms with Gasteiger partial charge in [0.25, 0.3) is 0 Å². The Bertz CT molecular complexity index is 536. The van der Waals surface area contributed by atoms with E-state index in [9.17, 15) is 29.5 Å². The van der Waals surface area contributed by atoms with E-state index in [-0.39, 0.29) is 12.2 Å². The van der Waals surface area contributed by atoms with E-state index in [0.717, 1.165) is 12.1 Å². The number of nitro benzene ring substituents is 1. The number of ether oxygens (including phenoxy) is 1. The summed E-state index contributed by atoms with van der Waals surface area (Å²) in [6.45, 7) is 1.43. The Hall–Kier alpha value is -2.42. The van der Waals surface area contributed by atoms with Crippen LogP contribution in [0.3, 0.4) is 0 Å². The second kappa shape index (κ2) is 6.15. The minimum Gasteiger partial charge on any atom is -0.504 e. The van der Waals surface area contributed by atoms with Gasteiger partial charge in [0.2, 0.25) is 11.9 Å². The number of nitrogens with zero attached hydrogens (tertiary/aromatic N) is 1. The van der Waals surface area contributed by atoms with Gasteiger partial charge in [0.15, 0.2) is 5.75 Å². The Balaban J connectivity index is 3.13. The van der Waals surface area contributed by atoms with Gasteiger partial charge in [0.1, 0.15) is 0 Å². The number of rotatable bonds is 5. The zero-order valence-corrected chi connectivity index (χ0v) is 10.4. The molecule has 0 aliphatic rings. The lowest BCUT2D eigenvalue weighted by Crippen LogP contribution is -2.31. The van der Waals surface area contributed by atoms with E-state index in [1.807, 2.05) is 0 Å². The molecule has 110 valence electrons. The first kappa shape index (κ1) is 15.6. The lowest BCUT2D eigenvalue weighted by molar-refractivity contribution is -0.386. The summed E-state index contributed by atoms with van der Waals surface area (Å²) < 4.78 is 18.2. The number of carbonyl (C=O) groups excluding carboxylic acids is 1. The monoisotopic (exact) mass is 288 g/mol. The van der Waals surface area contributed by atoms with Gasteiger partial charge in [-0.1, -0.05) is 0 Å². The number of benzene rings is 1. The molecule has 0 saturated carbocycles. The van der Waals surface area contributed by atoms with E-state index in [1.54, 1.807) is 0 Å². The largest absolute Gasteiger partial charge is 0.504 e. The number of carbonyl (C=O) groups is 1. The molecular formula is C11H13FN2O6. The van der Waals surface area contributed by atoms with Crippen LogP contribution in [0.2, 0.25) is 0 Å². The van der Waals surface area contributed by atoms with E-state index in [4.69, 9.17) is 5.73 Å². The summed E-state index contributed by atoms with van der Waals surface area (Å²) in [7, 11) is 0. The maximum absolute atomic E-state index is 13.7. The fourth-order valence-electron chi connectivity index (χ4n) is 1.49. The summed E-state index contributed by atoms with van der Waals surface area (Å²) in [6, 6.07) is 0.0592. The van der Waals surface area contributed by atoms with Crippen molar-refractivity contribution in [1.82, 2.24) is 0 Å². The molecule has 0 saturated heterocycles. The van der Waals surface area contributed by atoms with Crippen molar-refractivity contribution in [2.45, 2.75) is 19.1 Å². The van der Waals surface area contributed by atoms with Crippen LogP contribution in [-0.2, 0) is 9.53 Å². The SMILES string of the molecule is CCOC(=O)C(F)[C@H](N)c1cc(O)c(O)c([N+](=O)[O-])c1. The Morgan fingerprint density at radius 1 is 1.55 bits per heavy atom. The third-order valence-electron chi connectivity index (χ3n) is 2.50. The van der Waals surface area contributed by atoms with E-state index >= 15 is 0 Å². The van der Waals surface area contributed by atoms with Crippen molar-refractivity contribution < 1.29 is 29.1 Å². The molecule has 0 aliphatic heterocycles. The lowest BCUT2D eigenvalue weighted by Gasteiger charge is -2.16. The van der Waals surface area contributed by atoms with E-state index in [1.165, 1.54) is 6.92 Å². The first-order valence-electron chi connectivity index (χ1n) is 5.56. The highest BCUT2D eigenvalue weighted by Crippen LogP contribution is 2.38. The van der Waals surface area contributed by atoms with Gasteiger partial charge in [-0.25, -0.2) is 9.18 Å². The Morgan fingerprint density at radius 3 is 2.65 bits per heavy atom. The Labute approximate surface area is 112 Å². The molecule has 0 bridgehead atoms. The highest BCUT2D eigenvalue weighted by molar-refractivity contribution is 5.76. The second-order valence-corrected chi connectivity index (χ2v) is 3.84. The second-order valence-electron chi connectivity index (χ2n) is 3.84. The molecule has 0 fully saturated rings. The minimum absolute atomic E-state index is 0.0487. The van der Waals surface area contributed by atoms with Crippen molar-refractivity contribution in [2.24, 2.45) is 5.73 Å². The molecule has 8 nitrogen and oxygen atoms in total. The number of phenols is 2. The summed E-state index contributed by atoms with van der Waals surface area (Å²) in [5, 5.41) is 29.3. The predicted molar refractivity (Wildman–Crippen MR) is 64.9 cm³/mol. The van der Waals surface area contributed by atoms with Gasteiger partial charge in [-0.3, -0.25) is 10.1 Å². The van der Waals surface area contributed by atoms with Gasteiger partial charge >= 0.3 is 11.7 Å². The number of alkyl halides is 1. The van der Waals surface area contributed by atoms with Crippen molar-refractivity contribution in [3.05, 3.63) is 27.8 Å². The minimum atomic E-state index is -2.25. The first-order valence-corrected chi connectivity index (χ1v) is 5.56. The highest BCUT2D eigenvalue weighted by Gasteiger charge is 2.30. The first-order chi connectivity index (χ1) is 9.29. The summed E-state index contributed by atoms with van der Waals surface area (Å²) in [5.41, 5.74) is 4.41.